The van der Waals surface area contributed by atoms with E-state index in [4.69, 9.17) is 4.74 Å². The van der Waals surface area contributed by atoms with Crippen molar-refractivity contribution in [1.29, 1.82) is 0 Å². The average molecular weight is 300 g/mol. The molecule has 1 rings (SSSR count). The van der Waals surface area contributed by atoms with Crippen molar-refractivity contribution in [2.45, 2.75) is 11.3 Å². The zero-order valence-electron chi connectivity index (χ0n) is 12.4. The normalized spacial score (nSPS) is 12.2. The number of benzene rings is 1. The van der Waals surface area contributed by atoms with Gasteiger partial charge in [0, 0.05) is 20.2 Å². The van der Waals surface area contributed by atoms with Crippen LogP contribution < -0.4 is 0 Å². The fraction of sp³-hybridized carbons (Fsp3) is 0.571. The third kappa shape index (κ3) is 5.20. The first-order chi connectivity index (χ1) is 9.48. The Morgan fingerprint density at radius 3 is 2.25 bits per heavy atom. The van der Waals surface area contributed by atoms with Crippen LogP contribution >= 0.6 is 0 Å². The Hall–Kier alpha value is -0.950. The zero-order valence-corrected chi connectivity index (χ0v) is 13.3. The van der Waals surface area contributed by atoms with Crippen molar-refractivity contribution in [3.05, 3.63) is 30.3 Å². The minimum Gasteiger partial charge on any atom is -0.383 e. The standard InChI is InChI=1S/C14H24N2O3S/c1-15(2)10-7-11-16(12-13-19-3)20(17,18)14-8-5-4-6-9-14/h4-6,8-9H,7,10-13H2,1-3H3. The Morgan fingerprint density at radius 1 is 1.05 bits per heavy atom. The highest BCUT2D eigenvalue weighted by atomic mass is 32.2. The van der Waals surface area contributed by atoms with E-state index in [1.54, 1.807) is 31.4 Å². The molecular weight excluding hydrogens is 276 g/mol. The van der Waals surface area contributed by atoms with Gasteiger partial charge in [-0.1, -0.05) is 18.2 Å². The van der Waals surface area contributed by atoms with Crippen LogP contribution in [-0.2, 0) is 14.8 Å². The Labute approximate surface area is 122 Å². The van der Waals surface area contributed by atoms with Gasteiger partial charge in [-0.2, -0.15) is 4.31 Å². The number of sulfonamides is 1. The fourth-order valence-electron chi connectivity index (χ4n) is 1.85. The molecule has 0 unspecified atom stereocenters. The van der Waals surface area contributed by atoms with Crippen LogP contribution in [0.4, 0.5) is 0 Å². The van der Waals surface area contributed by atoms with E-state index in [0.717, 1.165) is 13.0 Å². The lowest BCUT2D eigenvalue weighted by atomic mass is 10.4. The maximum Gasteiger partial charge on any atom is 0.243 e. The molecule has 0 aromatic heterocycles. The molecule has 0 spiro atoms. The molecule has 20 heavy (non-hydrogen) atoms. The van der Waals surface area contributed by atoms with Gasteiger partial charge in [0.25, 0.3) is 0 Å². The van der Waals surface area contributed by atoms with Gasteiger partial charge in [-0.25, -0.2) is 8.42 Å². The van der Waals surface area contributed by atoms with E-state index in [2.05, 4.69) is 0 Å². The van der Waals surface area contributed by atoms with E-state index < -0.39 is 10.0 Å². The predicted octanol–water partition coefficient (Wildman–Crippen LogP) is 1.28. The molecule has 1 aromatic carbocycles. The van der Waals surface area contributed by atoms with Gasteiger partial charge in [0.05, 0.1) is 11.5 Å². The van der Waals surface area contributed by atoms with Crippen LogP contribution in [0.25, 0.3) is 0 Å². The zero-order chi connectivity index (χ0) is 15.0. The van der Waals surface area contributed by atoms with E-state index in [1.807, 2.05) is 25.1 Å². The van der Waals surface area contributed by atoms with Crippen LogP contribution in [0.2, 0.25) is 0 Å². The smallest absolute Gasteiger partial charge is 0.243 e. The summed E-state index contributed by atoms with van der Waals surface area (Å²) in [7, 11) is 2.09. The van der Waals surface area contributed by atoms with Crippen LogP contribution in [-0.4, -0.2) is 65.1 Å². The molecule has 5 nitrogen and oxygen atoms in total. The summed E-state index contributed by atoms with van der Waals surface area (Å²) in [5.41, 5.74) is 0. The first-order valence-electron chi connectivity index (χ1n) is 6.67. The largest absolute Gasteiger partial charge is 0.383 e. The van der Waals surface area contributed by atoms with E-state index in [9.17, 15) is 8.42 Å². The van der Waals surface area contributed by atoms with Crippen LogP contribution in [0, 0.1) is 0 Å². The van der Waals surface area contributed by atoms with Crippen LogP contribution in [0.5, 0.6) is 0 Å². The number of methoxy groups -OCH3 is 1. The molecule has 1 aromatic rings. The van der Waals surface area contributed by atoms with Gasteiger partial charge in [0.1, 0.15) is 0 Å². The van der Waals surface area contributed by atoms with Gasteiger partial charge in [0.2, 0.25) is 10.0 Å². The second-order valence-corrected chi connectivity index (χ2v) is 6.80. The van der Waals surface area contributed by atoms with Crippen molar-refractivity contribution in [2.75, 3.05) is 47.4 Å². The molecule has 0 aliphatic heterocycles. The monoisotopic (exact) mass is 300 g/mol. The SMILES string of the molecule is COCCN(CCCN(C)C)S(=O)(=O)c1ccccc1. The predicted molar refractivity (Wildman–Crippen MR) is 80.2 cm³/mol. The highest BCUT2D eigenvalue weighted by molar-refractivity contribution is 7.89. The molecular formula is C14H24N2O3S. The third-order valence-electron chi connectivity index (χ3n) is 2.94. The number of nitrogens with zero attached hydrogens (tertiary/aromatic N) is 2. The van der Waals surface area contributed by atoms with Crippen molar-refractivity contribution in [3.63, 3.8) is 0 Å². The van der Waals surface area contributed by atoms with Crippen LogP contribution in [0.3, 0.4) is 0 Å². The highest BCUT2D eigenvalue weighted by Gasteiger charge is 2.23. The molecule has 0 aliphatic carbocycles. The van der Waals surface area contributed by atoms with Gasteiger partial charge < -0.3 is 9.64 Å². The Morgan fingerprint density at radius 2 is 1.70 bits per heavy atom. The van der Waals surface area contributed by atoms with Gasteiger partial charge in [-0.15, -0.1) is 0 Å². The Kier molecular flexibility index (Phi) is 7.15. The van der Waals surface area contributed by atoms with Gasteiger partial charge in [-0.3, -0.25) is 0 Å². The van der Waals surface area contributed by atoms with Crippen LogP contribution in [0.15, 0.2) is 35.2 Å². The summed E-state index contributed by atoms with van der Waals surface area (Å²) in [6.07, 6.45) is 0.794. The van der Waals surface area contributed by atoms with Crippen molar-refractivity contribution >= 4 is 10.0 Å². The Bertz CT molecular complexity index is 474. The average Bonchev–Trinajstić information content (AvgIpc) is 2.43. The minimum atomic E-state index is -3.44. The molecule has 6 heteroatoms. The number of hydrogen-bond acceptors (Lipinski definition) is 4. The van der Waals surface area contributed by atoms with Gasteiger partial charge in [0.15, 0.2) is 0 Å². The molecule has 0 saturated carbocycles. The lowest BCUT2D eigenvalue weighted by Crippen LogP contribution is -2.36. The second-order valence-electron chi connectivity index (χ2n) is 4.87. The molecule has 0 amide bonds. The lowest BCUT2D eigenvalue weighted by Gasteiger charge is -2.22. The van der Waals surface area contributed by atoms with Gasteiger partial charge in [-0.05, 0) is 39.2 Å². The Balaban J connectivity index is 2.80. The summed E-state index contributed by atoms with van der Waals surface area (Å²) in [5.74, 6) is 0. The first kappa shape index (κ1) is 17.1. The summed E-state index contributed by atoms with van der Waals surface area (Å²) < 4.78 is 31.7. The fourth-order valence-corrected chi connectivity index (χ4v) is 3.33. The summed E-state index contributed by atoms with van der Waals surface area (Å²) in [5, 5.41) is 0. The van der Waals surface area contributed by atoms with Crippen molar-refractivity contribution < 1.29 is 13.2 Å². The summed E-state index contributed by atoms with van der Waals surface area (Å²) in [4.78, 5) is 2.38. The molecule has 0 radical (unpaired) electrons. The number of hydrogen-bond donors (Lipinski definition) is 0. The summed E-state index contributed by atoms with van der Waals surface area (Å²) in [6, 6.07) is 8.54. The minimum absolute atomic E-state index is 0.334. The second kappa shape index (κ2) is 8.36. The number of ether oxygens (including phenoxy) is 1. The quantitative estimate of drug-likeness (QED) is 0.689. The molecule has 0 atom stereocenters. The van der Waals surface area contributed by atoms with Crippen molar-refractivity contribution in [1.82, 2.24) is 9.21 Å². The molecule has 0 bridgehead atoms. The summed E-state index contributed by atoms with van der Waals surface area (Å²) in [6.45, 7) is 2.13. The van der Waals surface area contributed by atoms with Gasteiger partial charge >= 0.3 is 0 Å². The maximum absolute atomic E-state index is 12.6. The van der Waals surface area contributed by atoms with E-state index in [1.165, 1.54) is 4.31 Å². The maximum atomic E-state index is 12.6. The molecule has 0 heterocycles. The van der Waals surface area contributed by atoms with Crippen molar-refractivity contribution in [3.8, 4) is 0 Å². The highest BCUT2D eigenvalue weighted by Crippen LogP contribution is 2.15. The lowest BCUT2D eigenvalue weighted by molar-refractivity contribution is 0.177. The molecule has 0 aliphatic rings. The topological polar surface area (TPSA) is 49.9 Å². The third-order valence-corrected chi connectivity index (χ3v) is 4.85. The van der Waals surface area contributed by atoms with E-state index >= 15 is 0 Å². The van der Waals surface area contributed by atoms with Crippen LogP contribution in [0.1, 0.15) is 6.42 Å². The molecule has 0 N–H and O–H groups in total. The molecule has 114 valence electrons. The number of rotatable bonds is 9. The van der Waals surface area contributed by atoms with Crippen molar-refractivity contribution in [2.24, 2.45) is 0 Å². The molecule has 0 saturated heterocycles. The first-order valence-corrected chi connectivity index (χ1v) is 8.11. The van der Waals surface area contributed by atoms with E-state index in [0.29, 0.717) is 24.6 Å². The van der Waals surface area contributed by atoms with E-state index in [-0.39, 0.29) is 0 Å². The summed E-state index contributed by atoms with van der Waals surface area (Å²) >= 11 is 0. The molecule has 0 fully saturated rings.